The molecule has 3 heterocycles. The Morgan fingerprint density at radius 3 is 1.46 bits per heavy atom. The molecule has 0 amide bonds. The zero-order chi connectivity index (χ0) is 41.6. The molecule has 7 aliphatic carbocycles. The van der Waals surface area contributed by atoms with E-state index in [9.17, 15) is 0 Å². The average molecular weight is 793 g/mol. The molecule has 0 N–H and O–H groups in total. The van der Waals surface area contributed by atoms with Crippen molar-refractivity contribution in [3.63, 3.8) is 0 Å². The van der Waals surface area contributed by atoms with Gasteiger partial charge in [0, 0.05) is 0 Å². The first-order chi connectivity index (χ1) is 27.2. The maximum Gasteiger partial charge on any atom is 0.135 e. The van der Waals surface area contributed by atoms with Crippen LogP contribution in [0.4, 0.5) is 0 Å². The summed E-state index contributed by atoms with van der Waals surface area (Å²) in [5, 5.41) is 0. The summed E-state index contributed by atoms with van der Waals surface area (Å²) in [6.07, 6.45) is 47.1. The first-order valence-corrected chi connectivity index (χ1v) is 22.3. The van der Waals surface area contributed by atoms with E-state index in [1.807, 2.05) is 22.1 Å². The minimum absolute atomic E-state index is 0.398. The number of fused-ring (bicyclic) bond motifs is 6. The van der Waals surface area contributed by atoms with E-state index < -0.39 is 0 Å². The Balaban J connectivity index is 0.000000319. The molecular weight excluding hydrogens is 714 g/mol. The van der Waals surface area contributed by atoms with Crippen LogP contribution in [-0.2, 0) is 28.5 Å². The quantitative estimate of drug-likeness (QED) is 0.0688. The number of carbonyl (C=O) groups is 2. The number of carbonyl (C=O) groups excluding carboxylic acids is 2. The van der Waals surface area contributed by atoms with Crippen LogP contribution in [0.25, 0.3) is 0 Å². The van der Waals surface area contributed by atoms with Gasteiger partial charge in [-0.25, -0.2) is 0 Å². The van der Waals surface area contributed by atoms with Gasteiger partial charge in [0.15, 0.2) is 0 Å². The predicted octanol–water partition coefficient (Wildman–Crippen LogP) is 12.2. The van der Waals surface area contributed by atoms with E-state index in [1.54, 1.807) is 11.6 Å². The summed E-state index contributed by atoms with van der Waals surface area (Å²) in [7, 11) is 2.65. The minimum Gasteiger partial charge on any atom is -0.299 e. The molecule has 10 aliphatic rings. The number of hydrogen-bond donors (Lipinski definition) is 0. The Morgan fingerprint density at radius 1 is 0.804 bits per heavy atom. The molecule has 6 fully saturated rings. The van der Waals surface area contributed by atoms with Crippen LogP contribution in [0.15, 0.2) is 85.1 Å². The molecule has 3 saturated carbocycles. The smallest absolute Gasteiger partial charge is 0.135 e. The molecule has 8 unspecified atom stereocenters. The number of hydrogen-bond acceptors (Lipinski definition) is 6. The Morgan fingerprint density at radius 2 is 1.27 bits per heavy atom. The van der Waals surface area contributed by atoms with Crippen molar-refractivity contribution in [2.24, 2.45) is 29.6 Å². The van der Waals surface area contributed by atoms with Gasteiger partial charge in [-0.3, -0.25) is 4.79 Å². The van der Waals surface area contributed by atoms with Crippen molar-refractivity contribution in [3.05, 3.63) is 85.1 Å². The normalized spacial score (nSPS) is 30.4. The average Bonchev–Trinajstić information content (AvgIpc) is 4.13. The molecule has 8 atom stereocenters. The molecule has 10 rings (SSSR count). The van der Waals surface area contributed by atoms with Crippen molar-refractivity contribution in [1.82, 2.24) is 0 Å². The fraction of sp³-hybridized carbons (Fsp3) is 0.667. The van der Waals surface area contributed by atoms with E-state index in [4.69, 9.17) is 28.5 Å². The van der Waals surface area contributed by atoms with Crippen LogP contribution in [0.3, 0.4) is 0 Å². The van der Waals surface area contributed by atoms with E-state index in [2.05, 4.69) is 89.5 Å². The second kappa shape index (κ2) is 32.6. The van der Waals surface area contributed by atoms with Crippen LogP contribution in [0.1, 0.15) is 130 Å². The number of epoxide rings is 3. The van der Waals surface area contributed by atoms with Gasteiger partial charge in [0.05, 0.1) is 37.1 Å². The van der Waals surface area contributed by atoms with Gasteiger partial charge < -0.3 is 19.0 Å². The number of ether oxygens (including phenoxy) is 3. The summed E-state index contributed by atoms with van der Waals surface area (Å²) in [5.41, 5.74) is 3.12. The largest absolute Gasteiger partial charge is 0.299 e. The monoisotopic (exact) mass is 793 g/mol. The van der Waals surface area contributed by atoms with Gasteiger partial charge in [0.1, 0.15) is 12.8 Å². The van der Waals surface area contributed by atoms with Crippen LogP contribution in [0.2, 0.25) is 6.82 Å². The van der Waals surface area contributed by atoms with Crippen LogP contribution in [0.5, 0.6) is 0 Å². The van der Waals surface area contributed by atoms with Gasteiger partial charge in [0.2, 0.25) is 0 Å². The second-order valence-electron chi connectivity index (χ2n) is 16.0. The van der Waals surface area contributed by atoms with Crippen LogP contribution < -0.4 is 0 Å². The molecule has 8 heteroatoms. The zero-order valence-electron chi connectivity index (χ0n) is 35.9. The van der Waals surface area contributed by atoms with Crippen LogP contribution in [-0.4, -0.2) is 57.1 Å². The maximum absolute atomic E-state index is 8.81. The van der Waals surface area contributed by atoms with Gasteiger partial charge in [-0.2, -0.15) is 0 Å². The molecule has 4 bridgehead atoms. The first-order valence-electron chi connectivity index (χ1n) is 21.6. The first kappa shape index (κ1) is 51.7. The van der Waals surface area contributed by atoms with Crippen LogP contribution in [0, 0.1) is 29.6 Å². The molecule has 0 aromatic carbocycles. The summed E-state index contributed by atoms with van der Waals surface area (Å²) in [6, 6.07) is 0.667. The van der Waals surface area contributed by atoms with Gasteiger partial charge in [-0.15, -0.1) is 13.2 Å². The van der Waals surface area contributed by atoms with Crippen molar-refractivity contribution in [2.45, 2.75) is 168 Å². The fourth-order valence-electron chi connectivity index (χ4n) is 7.41. The molecule has 0 aromatic heterocycles. The van der Waals surface area contributed by atoms with Gasteiger partial charge in [-0.05, 0) is 114 Å². The van der Waals surface area contributed by atoms with Gasteiger partial charge in [0.25, 0.3) is 0 Å². The van der Waals surface area contributed by atoms with E-state index in [0.717, 1.165) is 43.3 Å². The number of rotatable bonds is 5. The summed E-state index contributed by atoms with van der Waals surface area (Å²) in [5.74, 6) is 4.34. The van der Waals surface area contributed by atoms with Crippen LogP contribution >= 0.6 is 9.24 Å². The zero-order valence-corrected chi connectivity index (χ0v) is 37.0. The Bertz CT molecular complexity index is 1170. The summed E-state index contributed by atoms with van der Waals surface area (Å²) in [4.78, 5) is 16.8. The van der Waals surface area contributed by atoms with E-state index >= 15 is 0 Å². The van der Waals surface area contributed by atoms with E-state index in [1.165, 1.54) is 115 Å². The molecule has 56 heavy (non-hydrogen) atoms. The number of allylic oxidation sites excluding steroid dienone is 11. The molecule has 0 aromatic rings. The van der Waals surface area contributed by atoms with E-state index in [-0.39, 0.29) is 0 Å². The fourth-order valence-corrected chi connectivity index (χ4v) is 7.41. The SMILES string of the molecule is C1=CC2C=CC1C2.C1=CC2CCC1C2.C1CC2OC2C1.C1CCC2OC2C1.C=CC1CO1.C=CCCCC.C=O.CB=O.CC1=CC=C(C(C)C)CC1.O=CP. The van der Waals surface area contributed by atoms with Crippen molar-refractivity contribution in [1.29, 1.82) is 0 Å². The molecule has 3 saturated heterocycles. The molecule has 314 valence electrons. The molecular formula is C48H78BO6P. The molecule has 0 radical (unpaired) electrons. The van der Waals surface area contributed by atoms with Crippen molar-refractivity contribution in [2.75, 3.05) is 6.61 Å². The van der Waals surface area contributed by atoms with Crippen molar-refractivity contribution < 1.29 is 28.5 Å². The standard InChI is InChI=1S/C10H16.C7H10.C7H8.C6H10O.C6H12.C5H8O.C4H6O.CH3BO.CH3OP.CH2O/c1-8(2)10-6-4-9(3)5-7-10;2*1-2-7-4-3-6(1)5-7;1-2-4-6-5(3-1)7-6;1-3-5-6-4-2;1-2-4-5(3-1)6-4;1-2-4-3-5-4;1-2-3;2-1-3;1-2/h4,6,8H,5,7H2,1-3H3;1-2,6-7H,3-5H2;1-4,6-7H,5H2;5-6H,1-4H2;3H,1,4-6H2,2H3;4-5H,1-3H2;2,4H,1,3H2;1H3;1H,3H2;1H2. The third-order valence-electron chi connectivity index (χ3n) is 11.0. The summed E-state index contributed by atoms with van der Waals surface area (Å²) >= 11 is 0. The van der Waals surface area contributed by atoms with Crippen molar-refractivity contribution in [3.8, 4) is 0 Å². The molecule has 6 nitrogen and oxygen atoms in total. The topological polar surface area (TPSA) is 88.8 Å². The van der Waals surface area contributed by atoms with Crippen molar-refractivity contribution >= 4 is 29.2 Å². The minimum atomic E-state index is 0.398. The third-order valence-corrected chi connectivity index (χ3v) is 11.0. The third kappa shape index (κ3) is 25.1. The second-order valence-corrected chi connectivity index (χ2v) is 16.3. The van der Waals surface area contributed by atoms with Gasteiger partial charge >= 0.3 is 18.7 Å². The predicted molar refractivity (Wildman–Crippen MR) is 241 cm³/mol. The maximum atomic E-state index is 8.81. The Hall–Kier alpha value is -2.31. The molecule has 0 spiro atoms. The Labute approximate surface area is 345 Å². The Kier molecular flexibility index (Phi) is 30.1. The van der Waals surface area contributed by atoms with E-state index in [0.29, 0.717) is 36.5 Å². The van der Waals surface area contributed by atoms with Gasteiger partial charge in [-0.1, -0.05) is 128 Å². The summed E-state index contributed by atoms with van der Waals surface area (Å²) in [6.45, 7) is 20.3. The number of unbranched alkanes of at least 4 members (excludes halogenated alkanes) is 2. The molecule has 3 aliphatic heterocycles. The summed E-state index contributed by atoms with van der Waals surface area (Å²) < 4.78 is 24.0.